The molecule has 1 unspecified atom stereocenters. The van der Waals surface area contributed by atoms with Crippen LogP contribution < -0.4 is 0 Å². The summed E-state index contributed by atoms with van der Waals surface area (Å²) in [5, 5.41) is 8.90. The Bertz CT molecular complexity index is 310. The molecule has 5 heteroatoms. The van der Waals surface area contributed by atoms with Gasteiger partial charge in [-0.3, -0.25) is 9.59 Å². The van der Waals surface area contributed by atoms with Gasteiger partial charge in [0.05, 0.1) is 5.92 Å². The Morgan fingerprint density at radius 1 is 1.32 bits per heavy atom. The van der Waals surface area contributed by atoms with Gasteiger partial charge in [-0.05, 0) is 32.7 Å². The molecule has 0 aliphatic carbocycles. The van der Waals surface area contributed by atoms with Crippen LogP contribution in [-0.2, 0) is 9.59 Å². The Kier molecular flexibility index (Phi) is 6.28. The smallest absolute Gasteiger partial charge is 0.306 e. The van der Waals surface area contributed by atoms with E-state index in [-0.39, 0.29) is 17.7 Å². The van der Waals surface area contributed by atoms with Crippen molar-refractivity contribution in [1.82, 2.24) is 9.80 Å². The van der Waals surface area contributed by atoms with Gasteiger partial charge in [0.25, 0.3) is 0 Å². The number of carbonyl (C=O) groups is 2. The minimum atomic E-state index is -0.707. The van der Waals surface area contributed by atoms with Gasteiger partial charge >= 0.3 is 5.97 Å². The van der Waals surface area contributed by atoms with Crippen LogP contribution in [0.3, 0.4) is 0 Å². The average Bonchev–Trinajstić information content (AvgIpc) is 2.32. The lowest BCUT2D eigenvalue weighted by atomic mass is 9.87. The highest BCUT2D eigenvalue weighted by atomic mass is 16.4. The molecule has 110 valence electrons. The predicted molar refractivity (Wildman–Crippen MR) is 73.9 cm³/mol. The highest BCUT2D eigenvalue weighted by Crippen LogP contribution is 2.24. The summed E-state index contributed by atoms with van der Waals surface area (Å²) in [6.07, 6.45) is 1.46. The van der Waals surface area contributed by atoms with Crippen LogP contribution in [0.2, 0.25) is 0 Å². The quantitative estimate of drug-likeness (QED) is 0.722. The van der Waals surface area contributed by atoms with Crippen molar-refractivity contribution in [2.75, 3.05) is 32.7 Å². The highest BCUT2D eigenvalue weighted by molar-refractivity contribution is 5.76. The normalized spacial score (nSPS) is 17.8. The second-order valence-corrected chi connectivity index (χ2v) is 5.32. The largest absolute Gasteiger partial charge is 0.481 e. The van der Waals surface area contributed by atoms with Crippen LogP contribution in [0.5, 0.6) is 0 Å². The summed E-state index contributed by atoms with van der Waals surface area (Å²) >= 11 is 0. The Morgan fingerprint density at radius 3 is 2.37 bits per heavy atom. The van der Waals surface area contributed by atoms with Gasteiger partial charge in [0.15, 0.2) is 0 Å². The van der Waals surface area contributed by atoms with Crippen LogP contribution >= 0.6 is 0 Å². The van der Waals surface area contributed by atoms with Gasteiger partial charge in [0.2, 0.25) is 5.91 Å². The summed E-state index contributed by atoms with van der Waals surface area (Å²) in [6, 6.07) is 0. The summed E-state index contributed by atoms with van der Waals surface area (Å²) < 4.78 is 0. The molecule has 1 aliphatic rings. The molecule has 0 aromatic heterocycles. The molecule has 0 bridgehead atoms. The minimum Gasteiger partial charge on any atom is -0.481 e. The molecule has 1 N–H and O–H groups in total. The second kappa shape index (κ2) is 7.48. The Labute approximate surface area is 115 Å². The number of likely N-dealkylation sites (tertiary alicyclic amines) is 1. The molecule has 1 heterocycles. The lowest BCUT2D eigenvalue weighted by Gasteiger charge is -2.41. The molecule has 1 fully saturated rings. The molecule has 19 heavy (non-hydrogen) atoms. The molecule has 0 radical (unpaired) electrons. The van der Waals surface area contributed by atoms with E-state index >= 15 is 0 Å². The summed E-state index contributed by atoms with van der Waals surface area (Å²) in [4.78, 5) is 26.7. The number of nitrogens with zero attached hydrogens (tertiary/aromatic N) is 2. The van der Waals surface area contributed by atoms with Crippen LogP contribution in [0.4, 0.5) is 0 Å². The first-order valence-corrected chi connectivity index (χ1v) is 7.22. The molecular formula is C14H26N2O3. The van der Waals surface area contributed by atoms with Crippen molar-refractivity contribution in [3.05, 3.63) is 0 Å². The molecular weight excluding hydrogens is 244 g/mol. The van der Waals surface area contributed by atoms with Crippen molar-refractivity contribution < 1.29 is 14.7 Å². The van der Waals surface area contributed by atoms with E-state index in [9.17, 15) is 9.59 Å². The summed E-state index contributed by atoms with van der Waals surface area (Å²) in [5.74, 6) is -0.466. The van der Waals surface area contributed by atoms with Gasteiger partial charge in [-0.15, -0.1) is 0 Å². The number of rotatable bonds is 8. The van der Waals surface area contributed by atoms with Crippen molar-refractivity contribution in [1.29, 1.82) is 0 Å². The zero-order chi connectivity index (χ0) is 14.4. The third kappa shape index (κ3) is 4.49. The van der Waals surface area contributed by atoms with Gasteiger partial charge < -0.3 is 14.9 Å². The molecule has 1 amide bonds. The third-order valence-corrected chi connectivity index (χ3v) is 4.06. The van der Waals surface area contributed by atoms with E-state index in [0.717, 1.165) is 39.1 Å². The first kappa shape index (κ1) is 16.0. The molecule has 0 aromatic rings. The second-order valence-electron chi connectivity index (χ2n) is 5.32. The van der Waals surface area contributed by atoms with Gasteiger partial charge in [-0.2, -0.15) is 0 Å². The number of carbonyl (C=O) groups excluding carboxylic acids is 1. The van der Waals surface area contributed by atoms with E-state index in [0.29, 0.717) is 6.42 Å². The van der Waals surface area contributed by atoms with Crippen LogP contribution in [0.15, 0.2) is 0 Å². The zero-order valence-corrected chi connectivity index (χ0v) is 12.3. The van der Waals surface area contributed by atoms with Crippen LogP contribution in [-0.4, -0.2) is 59.5 Å². The lowest BCUT2D eigenvalue weighted by molar-refractivity contribution is -0.145. The van der Waals surface area contributed by atoms with Crippen molar-refractivity contribution in [2.24, 2.45) is 11.8 Å². The third-order valence-electron chi connectivity index (χ3n) is 4.06. The Balaban J connectivity index is 2.13. The standard InChI is InChI=1S/C14H26N2O3/c1-4-16(5-2)13(17)7-6-8-15-9-12(10-15)11(3)14(18)19/h11-12H,4-10H2,1-3H3,(H,18,19). The maximum absolute atomic E-state index is 11.8. The molecule has 5 nitrogen and oxygen atoms in total. The van der Waals surface area contributed by atoms with E-state index < -0.39 is 5.97 Å². The van der Waals surface area contributed by atoms with Crippen molar-refractivity contribution in [2.45, 2.75) is 33.6 Å². The SMILES string of the molecule is CCN(CC)C(=O)CCCN1CC(C(C)C(=O)O)C1. The van der Waals surface area contributed by atoms with Gasteiger partial charge in [-0.25, -0.2) is 0 Å². The number of hydrogen-bond donors (Lipinski definition) is 1. The summed E-state index contributed by atoms with van der Waals surface area (Å²) in [5.41, 5.74) is 0. The monoisotopic (exact) mass is 270 g/mol. The number of amides is 1. The molecule has 1 rings (SSSR count). The van der Waals surface area contributed by atoms with Gasteiger partial charge in [0.1, 0.15) is 0 Å². The van der Waals surface area contributed by atoms with Gasteiger partial charge in [0, 0.05) is 32.6 Å². The van der Waals surface area contributed by atoms with Crippen molar-refractivity contribution >= 4 is 11.9 Å². The van der Waals surface area contributed by atoms with Crippen molar-refractivity contribution in [3.63, 3.8) is 0 Å². The maximum Gasteiger partial charge on any atom is 0.306 e. The molecule has 0 saturated carbocycles. The van der Waals surface area contributed by atoms with E-state index in [1.54, 1.807) is 6.92 Å². The lowest BCUT2D eigenvalue weighted by Crippen LogP contribution is -2.51. The molecule has 1 saturated heterocycles. The van der Waals surface area contributed by atoms with E-state index in [2.05, 4.69) is 4.90 Å². The van der Waals surface area contributed by atoms with Gasteiger partial charge in [-0.1, -0.05) is 6.92 Å². The Morgan fingerprint density at radius 2 is 1.89 bits per heavy atom. The minimum absolute atomic E-state index is 0.223. The maximum atomic E-state index is 11.8. The van der Waals surface area contributed by atoms with E-state index in [4.69, 9.17) is 5.11 Å². The van der Waals surface area contributed by atoms with Crippen LogP contribution in [0, 0.1) is 11.8 Å². The predicted octanol–water partition coefficient (Wildman–Crippen LogP) is 1.29. The fourth-order valence-electron chi connectivity index (χ4n) is 2.50. The van der Waals surface area contributed by atoms with Crippen LogP contribution in [0.1, 0.15) is 33.6 Å². The Hall–Kier alpha value is -1.10. The number of carboxylic acid groups (broad SMARTS) is 1. The fourth-order valence-corrected chi connectivity index (χ4v) is 2.50. The first-order valence-electron chi connectivity index (χ1n) is 7.22. The average molecular weight is 270 g/mol. The molecule has 1 atom stereocenters. The molecule has 1 aliphatic heterocycles. The number of aliphatic carboxylic acids is 1. The molecule has 0 aromatic carbocycles. The van der Waals surface area contributed by atoms with Crippen LogP contribution in [0.25, 0.3) is 0 Å². The topological polar surface area (TPSA) is 60.9 Å². The highest BCUT2D eigenvalue weighted by Gasteiger charge is 2.34. The zero-order valence-electron chi connectivity index (χ0n) is 12.3. The summed E-state index contributed by atoms with van der Waals surface area (Å²) in [6.45, 7) is 9.92. The van der Waals surface area contributed by atoms with Crippen molar-refractivity contribution in [3.8, 4) is 0 Å². The summed E-state index contributed by atoms with van der Waals surface area (Å²) in [7, 11) is 0. The van der Waals surface area contributed by atoms with E-state index in [1.165, 1.54) is 0 Å². The number of carboxylic acids is 1. The van der Waals surface area contributed by atoms with E-state index in [1.807, 2.05) is 18.7 Å². The fraction of sp³-hybridized carbons (Fsp3) is 0.857. The number of hydrogen-bond acceptors (Lipinski definition) is 3. The first-order chi connectivity index (χ1) is 8.99. The molecule has 0 spiro atoms.